The van der Waals surface area contributed by atoms with E-state index in [1.165, 1.54) is 12.8 Å². The smallest absolute Gasteiger partial charge is 0.254 e. The van der Waals surface area contributed by atoms with E-state index < -0.39 is 0 Å². The highest BCUT2D eigenvalue weighted by atomic mass is 79.9. The molecule has 0 aliphatic carbocycles. The number of hydrogen-bond acceptors (Lipinski definition) is 3. The fraction of sp³-hybridized carbons (Fsp3) is 0.389. The molecule has 0 saturated carbocycles. The van der Waals surface area contributed by atoms with Crippen molar-refractivity contribution in [3.05, 3.63) is 52.4 Å². The van der Waals surface area contributed by atoms with E-state index in [-0.39, 0.29) is 5.91 Å². The minimum absolute atomic E-state index is 0.0136. The first-order chi connectivity index (χ1) is 11.0. The number of unbranched alkanes of at least 4 members (excludes halogenated alkanes) is 1. The Kier molecular flexibility index (Phi) is 6.28. The molecule has 1 aromatic heterocycles. The van der Waals surface area contributed by atoms with Crippen molar-refractivity contribution >= 4 is 27.5 Å². The van der Waals surface area contributed by atoms with Crippen molar-refractivity contribution in [2.24, 2.45) is 0 Å². The van der Waals surface area contributed by atoms with Crippen LogP contribution in [0.5, 0.6) is 0 Å². The second kappa shape index (κ2) is 8.20. The number of halogens is 1. The van der Waals surface area contributed by atoms with Crippen LogP contribution in [0.15, 0.2) is 45.5 Å². The van der Waals surface area contributed by atoms with Crippen molar-refractivity contribution in [1.29, 1.82) is 0 Å². The Morgan fingerprint density at radius 2 is 1.83 bits per heavy atom. The third-order valence-electron chi connectivity index (χ3n) is 3.77. The van der Waals surface area contributed by atoms with Crippen molar-refractivity contribution in [1.82, 2.24) is 4.90 Å². The van der Waals surface area contributed by atoms with Crippen LogP contribution in [0.25, 0.3) is 0 Å². The molecule has 0 aliphatic rings. The maximum Gasteiger partial charge on any atom is 0.254 e. The Morgan fingerprint density at radius 1 is 1.13 bits per heavy atom. The zero-order valence-electron chi connectivity index (χ0n) is 13.9. The molecule has 0 radical (unpaired) electrons. The molecule has 124 valence electrons. The largest absolute Gasteiger partial charge is 0.452 e. The summed E-state index contributed by atoms with van der Waals surface area (Å²) in [4.78, 5) is 16.3. The van der Waals surface area contributed by atoms with Gasteiger partial charge in [-0.25, -0.2) is 0 Å². The highest BCUT2D eigenvalue weighted by Crippen LogP contribution is 2.18. The lowest BCUT2D eigenvalue weighted by molar-refractivity contribution is 0.0775. The maximum absolute atomic E-state index is 12.5. The Morgan fingerprint density at radius 3 is 2.39 bits per heavy atom. The van der Waals surface area contributed by atoms with Crippen LogP contribution in [0, 0.1) is 0 Å². The first-order valence-corrected chi connectivity index (χ1v) is 8.61. The lowest BCUT2D eigenvalue weighted by Crippen LogP contribution is -2.26. The van der Waals surface area contributed by atoms with Crippen molar-refractivity contribution in [3.8, 4) is 0 Å². The summed E-state index contributed by atoms with van der Waals surface area (Å²) in [6.07, 6.45) is 2.34. The summed E-state index contributed by atoms with van der Waals surface area (Å²) in [6, 6.07) is 11.5. The summed E-state index contributed by atoms with van der Waals surface area (Å²) >= 11 is 3.27. The molecule has 0 N–H and O–H groups in total. The number of hydrogen-bond donors (Lipinski definition) is 0. The van der Waals surface area contributed by atoms with Crippen molar-refractivity contribution in [2.45, 2.75) is 26.3 Å². The molecule has 0 fully saturated rings. The Hall–Kier alpha value is -1.75. The number of carbonyl (C=O) groups is 1. The molecule has 5 heteroatoms. The van der Waals surface area contributed by atoms with Crippen LogP contribution in [0.3, 0.4) is 0 Å². The molecule has 1 heterocycles. The Bertz CT molecular complexity index is 637. The molecule has 0 spiro atoms. The van der Waals surface area contributed by atoms with Crippen LogP contribution in [0.4, 0.5) is 5.69 Å². The van der Waals surface area contributed by atoms with Crippen molar-refractivity contribution in [2.75, 3.05) is 25.5 Å². The zero-order valence-corrected chi connectivity index (χ0v) is 15.5. The van der Waals surface area contributed by atoms with Crippen LogP contribution in [-0.4, -0.2) is 31.4 Å². The quantitative estimate of drug-likeness (QED) is 0.708. The van der Waals surface area contributed by atoms with E-state index in [2.05, 4.69) is 34.8 Å². The van der Waals surface area contributed by atoms with E-state index in [4.69, 9.17) is 4.42 Å². The highest BCUT2D eigenvalue weighted by Gasteiger charge is 2.14. The number of furan rings is 1. The summed E-state index contributed by atoms with van der Waals surface area (Å²) in [5.74, 6) is 0.740. The first-order valence-electron chi connectivity index (χ1n) is 7.82. The molecule has 2 aromatic rings. The predicted molar refractivity (Wildman–Crippen MR) is 96.8 cm³/mol. The highest BCUT2D eigenvalue weighted by molar-refractivity contribution is 9.10. The van der Waals surface area contributed by atoms with Crippen LogP contribution in [0.2, 0.25) is 0 Å². The lowest BCUT2D eigenvalue weighted by atomic mass is 10.1. The van der Waals surface area contributed by atoms with Gasteiger partial charge in [-0.15, -0.1) is 0 Å². The van der Waals surface area contributed by atoms with Gasteiger partial charge in [-0.05, 0) is 58.7 Å². The summed E-state index contributed by atoms with van der Waals surface area (Å²) in [7, 11) is 3.85. The zero-order chi connectivity index (χ0) is 16.8. The van der Waals surface area contributed by atoms with Gasteiger partial charge in [0.05, 0.1) is 6.54 Å². The van der Waals surface area contributed by atoms with E-state index in [1.807, 2.05) is 36.4 Å². The fourth-order valence-corrected chi connectivity index (χ4v) is 2.69. The fourth-order valence-electron chi connectivity index (χ4n) is 2.35. The third-order valence-corrected chi connectivity index (χ3v) is 4.20. The Balaban J connectivity index is 1.99. The van der Waals surface area contributed by atoms with Crippen LogP contribution < -0.4 is 4.90 Å². The van der Waals surface area contributed by atoms with Crippen LogP contribution in [-0.2, 0) is 6.54 Å². The van der Waals surface area contributed by atoms with Gasteiger partial charge in [-0.2, -0.15) is 0 Å². The summed E-state index contributed by atoms with van der Waals surface area (Å²) in [5, 5.41) is 0. The summed E-state index contributed by atoms with van der Waals surface area (Å²) < 4.78 is 6.12. The molecular weight excluding hydrogens is 356 g/mol. The van der Waals surface area contributed by atoms with E-state index in [0.717, 1.165) is 18.0 Å². The van der Waals surface area contributed by atoms with Gasteiger partial charge >= 0.3 is 0 Å². The molecule has 0 unspecified atom stereocenters. The van der Waals surface area contributed by atoms with E-state index in [9.17, 15) is 4.79 Å². The molecule has 1 aromatic carbocycles. The molecule has 0 bridgehead atoms. The van der Waals surface area contributed by atoms with Gasteiger partial charge in [0, 0.05) is 31.9 Å². The van der Waals surface area contributed by atoms with Crippen molar-refractivity contribution < 1.29 is 9.21 Å². The number of nitrogens with zero attached hydrogens (tertiary/aromatic N) is 2. The monoisotopic (exact) mass is 378 g/mol. The number of benzene rings is 1. The van der Waals surface area contributed by atoms with E-state index >= 15 is 0 Å². The molecule has 1 amide bonds. The van der Waals surface area contributed by atoms with Gasteiger partial charge in [-0.3, -0.25) is 4.79 Å². The lowest BCUT2D eigenvalue weighted by Gasteiger charge is -2.20. The molecule has 0 saturated heterocycles. The SMILES string of the molecule is CCCCN(C)c1ccc(C(=O)N(C)Cc2ccc(Br)o2)cc1. The molecule has 23 heavy (non-hydrogen) atoms. The van der Waals surface area contributed by atoms with E-state index in [1.54, 1.807) is 11.9 Å². The molecule has 2 rings (SSSR count). The molecule has 4 nitrogen and oxygen atoms in total. The van der Waals surface area contributed by atoms with Gasteiger partial charge in [0.25, 0.3) is 5.91 Å². The van der Waals surface area contributed by atoms with Gasteiger partial charge in [0.15, 0.2) is 4.67 Å². The third kappa shape index (κ3) is 4.86. The normalized spacial score (nSPS) is 10.6. The topological polar surface area (TPSA) is 36.7 Å². The second-order valence-electron chi connectivity index (χ2n) is 5.69. The van der Waals surface area contributed by atoms with Crippen LogP contribution >= 0.6 is 15.9 Å². The Labute approximate surface area is 146 Å². The summed E-state index contributed by atoms with van der Waals surface area (Å²) in [5.41, 5.74) is 1.82. The second-order valence-corrected chi connectivity index (χ2v) is 6.47. The molecular formula is C18H23BrN2O2. The van der Waals surface area contributed by atoms with Crippen molar-refractivity contribution in [3.63, 3.8) is 0 Å². The molecule has 0 aliphatic heterocycles. The minimum atomic E-state index is -0.0136. The number of anilines is 1. The van der Waals surface area contributed by atoms with Crippen LogP contribution in [0.1, 0.15) is 35.9 Å². The predicted octanol–water partition coefficient (Wildman–Crippen LogP) is 4.55. The number of rotatable bonds is 7. The standard InChI is InChI=1S/C18H23BrN2O2/c1-4-5-12-20(2)15-8-6-14(7-9-15)18(22)21(3)13-16-10-11-17(19)23-16/h6-11H,4-5,12-13H2,1-3H3. The maximum atomic E-state index is 12.5. The van der Waals surface area contributed by atoms with E-state index in [0.29, 0.717) is 16.8 Å². The average molecular weight is 379 g/mol. The number of amides is 1. The minimum Gasteiger partial charge on any atom is -0.452 e. The van der Waals surface area contributed by atoms with Gasteiger partial charge in [0.2, 0.25) is 0 Å². The van der Waals surface area contributed by atoms with Gasteiger partial charge in [-0.1, -0.05) is 13.3 Å². The summed E-state index contributed by atoms with van der Waals surface area (Å²) in [6.45, 7) is 3.66. The van der Waals surface area contributed by atoms with Gasteiger partial charge in [0.1, 0.15) is 5.76 Å². The average Bonchev–Trinajstić information content (AvgIpc) is 2.96. The molecule has 0 atom stereocenters. The number of carbonyl (C=O) groups excluding carboxylic acids is 1. The van der Waals surface area contributed by atoms with Gasteiger partial charge < -0.3 is 14.2 Å². The first kappa shape index (κ1) is 17.6.